The van der Waals surface area contributed by atoms with Crippen LogP contribution >= 0.6 is 11.3 Å². The van der Waals surface area contributed by atoms with Gasteiger partial charge in [-0.1, -0.05) is 13.3 Å². The van der Waals surface area contributed by atoms with Crippen molar-refractivity contribution in [2.75, 3.05) is 18.5 Å². The second-order valence-electron chi connectivity index (χ2n) is 7.38. The summed E-state index contributed by atoms with van der Waals surface area (Å²) in [5.41, 5.74) is 0.348. The van der Waals surface area contributed by atoms with Crippen LogP contribution < -0.4 is 5.32 Å². The van der Waals surface area contributed by atoms with Gasteiger partial charge in [0, 0.05) is 11.3 Å². The number of amides is 1. The van der Waals surface area contributed by atoms with E-state index < -0.39 is 11.9 Å². The highest BCUT2D eigenvalue weighted by Crippen LogP contribution is 2.49. The number of esters is 2. The molecule has 2 saturated carbocycles. The van der Waals surface area contributed by atoms with Gasteiger partial charge in [0.25, 0.3) is 5.91 Å². The molecule has 0 spiro atoms. The van der Waals surface area contributed by atoms with Crippen LogP contribution in [0.2, 0.25) is 0 Å². The summed E-state index contributed by atoms with van der Waals surface area (Å²) < 4.78 is 10.2. The Morgan fingerprint density at radius 2 is 2.00 bits per heavy atom. The van der Waals surface area contributed by atoms with Crippen molar-refractivity contribution in [2.45, 2.75) is 52.4 Å². The fraction of sp³-hybridized carbons (Fsp3) is 0.650. The standard InChI is InChI=1S/C20H27NO5S/c1-3-15-10-16(20(24)25-4-2)19(27-15)21-17(22)11-26-18(23)9-14-8-12-5-6-13(14)7-12/h10,12-14H,3-9,11H2,1-2H3,(H,21,22)/t12-,13-,14+/m1/s1. The quantitative estimate of drug-likeness (QED) is 0.680. The van der Waals surface area contributed by atoms with Crippen molar-refractivity contribution in [3.05, 3.63) is 16.5 Å². The topological polar surface area (TPSA) is 81.7 Å². The Hall–Kier alpha value is -1.89. The van der Waals surface area contributed by atoms with Gasteiger partial charge in [-0.3, -0.25) is 9.59 Å². The summed E-state index contributed by atoms with van der Waals surface area (Å²) in [4.78, 5) is 37.3. The highest BCUT2D eigenvalue weighted by molar-refractivity contribution is 7.16. The first-order valence-corrected chi connectivity index (χ1v) is 10.6. The van der Waals surface area contributed by atoms with E-state index in [0.29, 0.717) is 28.8 Å². The third kappa shape index (κ3) is 4.89. The predicted octanol–water partition coefficient (Wildman–Crippen LogP) is 3.80. The molecule has 0 unspecified atom stereocenters. The number of carbonyl (C=O) groups excluding carboxylic acids is 3. The molecule has 2 bridgehead atoms. The molecule has 1 aromatic heterocycles. The fourth-order valence-corrected chi connectivity index (χ4v) is 5.28. The van der Waals surface area contributed by atoms with Gasteiger partial charge in [-0.05, 0) is 56.4 Å². The summed E-state index contributed by atoms with van der Waals surface area (Å²) in [7, 11) is 0. The molecule has 27 heavy (non-hydrogen) atoms. The van der Waals surface area contributed by atoms with E-state index in [2.05, 4.69) is 5.32 Å². The van der Waals surface area contributed by atoms with Gasteiger partial charge in [0.15, 0.2) is 6.61 Å². The van der Waals surface area contributed by atoms with E-state index in [4.69, 9.17) is 9.47 Å². The Balaban J connectivity index is 1.49. The molecule has 6 nitrogen and oxygen atoms in total. The minimum absolute atomic E-state index is 0.268. The van der Waals surface area contributed by atoms with Crippen LogP contribution in [-0.4, -0.2) is 31.1 Å². The Kier molecular flexibility index (Phi) is 6.52. The van der Waals surface area contributed by atoms with Gasteiger partial charge in [-0.2, -0.15) is 0 Å². The first kappa shape index (κ1) is 19.9. The molecular weight excluding hydrogens is 366 g/mol. The average molecular weight is 394 g/mol. The Morgan fingerprint density at radius 3 is 2.63 bits per heavy atom. The molecule has 2 fully saturated rings. The molecule has 1 heterocycles. The van der Waals surface area contributed by atoms with E-state index in [0.717, 1.165) is 23.6 Å². The van der Waals surface area contributed by atoms with Gasteiger partial charge in [-0.15, -0.1) is 11.3 Å². The van der Waals surface area contributed by atoms with Crippen LogP contribution in [0, 0.1) is 17.8 Å². The summed E-state index contributed by atoms with van der Waals surface area (Å²) >= 11 is 1.34. The number of nitrogens with one attached hydrogen (secondary N) is 1. The lowest BCUT2D eigenvalue weighted by atomic mass is 9.86. The normalized spacial score (nSPS) is 23.3. The molecule has 1 amide bonds. The number of ether oxygens (including phenoxy) is 2. The first-order chi connectivity index (χ1) is 13.0. The van der Waals surface area contributed by atoms with Gasteiger partial charge in [-0.25, -0.2) is 4.79 Å². The lowest BCUT2D eigenvalue weighted by molar-refractivity contribution is -0.148. The smallest absolute Gasteiger partial charge is 0.341 e. The Bertz CT molecular complexity index is 713. The summed E-state index contributed by atoms with van der Waals surface area (Å²) in [6.45, 7) is 3.65. The number of hydrogen-bond donors (Lipinski definition) is 1. The summed E-state index contributed by atoms with van der Waals surface area (Å²) in [5, 5.41) is 3.13. The number of fused-ring (bicyclic) bond motifs is 2. The Labute approximate surface area is 163 Å². The number of thiophene rings is 1. The molecule has 0 aliphatic heterocycles. The van der Waals surface area contributed by atoms with E-state index in [1.807, 2.05) is 6.92 Å². The van der Waals surface area contributed by atoms with Crippen LogP contribution in [0.4, 0.5) is 5.00 Å². The van der Waals surface area contributed by atoms with Crippen LogP contribution in [-0.2, 0) is 25.5 Å². The number of anilines is 1. The van der Waals surface area contributed by atoms with Gasteiger partial charge >= 0.3 is 11.9 Å². The molecule has 1 N–H and O–H groups in total. The highest BCUT2D eigenvalue weighted by Gasteiger charge is 2.40. The van der Waals surface area contributed by atoms with Crippen molar-refractivity contribution in [3.8, 4) is 0 Å². The molecule has 2 aliphatic rings. The van der Waals surface area contributed by atoms with Gasteiger partial charge in [0.1, 0.15) is 5.00 Å². The van der Waals surface area contributed by atoms with Crippen LogP contribution in [0.3, 0.4) is 0 Å². The van der Waals surface area contributed by atoms with Crippen molar-refractivity contribution >= 4 is 34.2 Å². The molecule has 148 valence electrons. The Morgan fingerprint density at radius 1 is 1.19 bits per heavy atom. The van der Waals surface area contributed by atoms with Crippen molar-refractivity contribution in [2.24, 2.45) is 17.8 Å². The zero-order valence-electron chi connectivity index (χ0n) is 15.9. The van der Waals surface area contributed by atoms with Crippen molar-refractivity contribution in [1.82, 2.24) is 0 Å². The SMILES string of the molecule is CCOC(=O)c1cc(CC)sc1NC(=O)COC(=O)C[C@@H]1C[C@@H]2CC[C@@H]1C2. The predicted molar refractivity (Wildman–Crippen MR) is 103 cm³/mol. The summed E-state index contributed by atoms with van der Waals surface area (Å²) in [6.07, 6.45) is 6.03. The van der Waals surface area contributed by atoms with Crippen LogP contribution in [0.15, 0.2) is 6.07 Å². The van der Waals surface area contributed by atoms with Crippen LogP contribution in [0.1, 0.15) is 61.2 Å². The summed E-state index contributed by atoms with van der Waals surface area (Å²) in [6, 6.07) is 1.74. The number of rotatable bonds is 8. The average Bonchev–Trinajstić information content (AvgIpc) is 3.35. The number of carbonyl (C=O) groups is 3. The second-order valence-corrected chi connectivity index (χ2v) is 8.51. The molecule has 0 saturated heterocycles. The third-order valence-electron chi connectivity index (χ3n) is 5.56. The zero-order valence-corrected chi connectivity index (χ0v) is 16.7. The van der Waals surface area contributed by atoms with Crippen LogP contribution in [0.5, 0.6) is 0 Å². The second kappa shape index (κ2) is 8.87. The molecule has 1 aromatic rings. The van der Waals surface area contributed by atoms with E-state index in [-0.39, 0.29) is 19.2 Å². The monoisotopic (exact) mass is 393 g/mol. The zero-order chi connectivity index (χ0) is 19.4. The molecule has 7 heteroatoms. The van der Waals surface area contributed by atoms with Gasteiger partial charge in [0.2, 0.25) is 0 Å². The lowest BCUT2D eigenvalue weighted by Crippen LogP contribution is -2.23. The van der Waals surface area contributed by atoms with E-state index >= 15 is 0 Å². The maximum atomic E-state index is 12.2. The maximum absolute atomic E-state index is 12.2. The lowest BCUT2D eigenvalue weighted by Gasteiger charge is -2.20. The van der Waals surface area contributed by atoms with Gasteiger partial charge < -0.3 is 14.8 Å². The summed E-state index contributed by atoms with van der Waals surface area (Å²) in [5.74, 6) is 0.641. The number of hydrogen-bond acceptors (Lipinski definition) is 6. The van der Waals surface area contributed by atoms with Crippen LogP contribution in [0.25, 0.3) is 0 Å². The van der Waals surface area contributed by atoms with Crippen molar-refractivity contribution < 1.29 is 23.9 Å². The van der Waals surface area contributed by atoms with Gasteiger partial charge in [0.05, 0.1) is 12.2 Å². The van der Waals surface area contributed by atoms with E-state index in [9.17, 15) is 14.4 Å². The molecular formula is C20H27NO5S. The number of aryl methyl sites for hydroxylation is 1. The minimum atomic E-state index is -0.461. The molecule has 3 atom stereocenters. The molecule has 0 radical (unpaired) electrons. The van der Waals surface area contributed by atoms with E-state index in [1.54, 1.807) is 13.0 Å². The molecule has 2 aliphatic carbocycles. The van der Waals surface area contributed by atoms with Crippen molar-refractivity contribution in [1.29, 1.82) is 0 Å². The fourth-order valence-electron chi connectivity index (χ4n) is 4.28. The maximum Gasteiger partial charge on any atom is 0.341 e. The van der Waals surface area contributed by atoms with E-state index in [1.165, 1.54) is 30.6 Å². The first-order valence-electron chi connectivity index (χ1n) is 9.75. The largest absolute Gasteiger partial charge is 0.462 e. The minimum Gasteiger partial charge on any atom is -0.462 e. The van der Waals surface area contributed by atoms with Crippen molar-refractivity contribution in [3.63, 3.8) is 0 Å². The third-order valence-corrected chi connectivity index (χ3v) is 6.75. The molecule has 0 aromatic carbocycles. The molecule has 3 rings (SSSR count). The highest BCUT2D eigenvalue weighted by atomic mass is 32.1.